The lowest BCUT2D eigenvalue weighted by atomic mass is 9.78. The smallest absolute Gasteiger partial charge is 0.189 e. The number of rotatable bonds is 47. The van der Waals surface area contributed by atoms with E-state index in [4.69, 9.17) is 0 Å². The fourth-order valence-corrected chi connectivity index (χ4v) is 8.36. The summed E-state index contributed by atoms with van der Waals surface area (Å²) in [7, 11) is 0. The van der Waals surface area contributed by atoms with Gasteiger partial charge < -0.3 is 15.3 Å². The number of Topliss-reactive ketones (excluding diaryl/α,β-unsaturated/α-hetero) is 3. The summed E-state index contributed by atoms with van der Waals surface area (Å²) in [6.45, 7) is 6.74. The molecule has 0 aromatic heterocycles. The van der Waals surface area contributed by atoms with E-state index in [9.17, 15) is 29.7 Å². The average Bonchev–Trinajstić information content (AvgIpc) is 3.21. The molecule has 0 spiro atoms. The zero-order valence-electron chi connectivity index (χ0n) is 38.4. The Kier molecular flexibility index (Phi) is 40.8. The Bertz CT molecular complexity index is 854. The van der Waals surface area contributed by atoms with E-state index < -0.39 is 35.2 Å². The Balaban J connectivity index is 4.78. The van der Waals surface area contributed by atoms with Gasteiger partial charge in [-0.2, -0.15) is 0 Å². The SMILES string of the molecule is CCCCCCCCCCCCCCCC(=O)C(O)C(O)(C(=O)CCCCCCCCCCCCCCC)C(O)C(=O)CCCCCCCCCCCCCCC. The van der Waals surface area contributed by atoms with Crippen molar-refractivity contribution in [2.75, 3.05) is 0 Å². The zero-order chi connectivity index (χ0) is 42.1. The van der Waals surface area contributed by atoms with Crippen LogP contribution in [-0.2, 0) is 14.4 Å². The van der Waals surface area contributed by atoms with Crippen molar-refractivity contribution < 1.29 is 29.7 Å². The summed E-state index contributed by atoms with van der Waals surface area (Å²) in [5.74, 6) is -2.11. The van der Waals surface area contributed by atoms with E-state index in [1.807, 2.05) is 0 Å². The summed E-state index contributed by atoms with van der Waals surface area (Å²) >= 11 is 0. The Labute approximate surface area is 354 Å². The molecule has 0 saturated heterocycles. The van der Waals surface area contributed by atoms with Gasteiger partial charge in [-0.25, -0.2) is 0 Å². The van der Waals surface area contributed by atoms with Gasteiger partial charge in [-0.05, 0) is 19.3 Å². The van der Waals surface area contributed by atoms with Gasteiger partial charge in [-0.1, -0.05) is 252 Å². The molecule has 0 fully saturated rings. The standard InChI is InChI=1S/C51H98O6/c1-4-7-10-13-16-19-22-25-28-31-34-37-40-43-46(52)49(55)51(57,48(54)45-42-39-36-33-30-27-24-21-18-15-12-9-6-3)50(56)47(53)44-41-38-35-32-29-26-23-20-17-14-11-8-5-2/h49-50,55-57H,4-45H2,1-3H3. The first kappa shape index (κ1) is 55.9. The third kappa shape index (κ3) is 31.4. The van der Waals surface area contributed by atoms with Crippen LogP contribution in [0, 0.1) is 0 Å². The first-order chi connectivity index (χ1) is 27.8. The highest BCUT2D eigenvalue weighted by molar-refractivity contribution is 6.01. The Morgan fingerprint density at radius 1 is 0.316 bits per heavy atom. The Hall–Kier alpha value is -1.11. The number of carbonyl (C=O) groups excluding carboxylic acids is 3. The number of hydrogen-bond donors (Lipinski definition) is 3. The minimum Gasteiger partial charge on any atom is -0.382 e. The van der Waals surface area contributed by atoms with Crippen molar-refractivity contribution in [1.82, 2.24) is 0 Å². The lowest BCUT2D eigenvalue weighted by molar-refractivity contribution is -0.181. The molecule has 0 aromatic rings. The fourth-order valence-electron chi connectivity index (χ4n) is 8.36. The molecule has 3 N–H and O–H groups in total. The van der Waals surface area contributed by atoms with Gasteiger partial charge in [-0.15, -0.1) is 0 Å². The Morgan fingerprint density at radius 2 is 0.491 bits per heavy atom. The first-order valence-electron chi connectivity index (χ1n) is 25.4. The van der Waals surface area contributed by atoms with Crippen LogP contribution in [0.1, 0.15) is 290 Å². The summed E-state index contributed by atoms with van der Waals surface area (Å²) in [4.78, 5) is 40.0. The molecule has 0 aromatic carbocycles. The third-order valence-corrected chi connectivity index (χ3v) is 12.5. The highest BCUT2D eigenvalue weighted by Gasteiger charge is 2.53. The van der Waals surface area contributed by atoms with Crippen LogP contribution < -0.4 is 0 Å². The van der Waals surface area contributed by atoms with Gasteiger partial charge in [0.05, 0.1) is 0 Å². The second-order valence-corrected chi connectivity index (χ2v) is 18.0. The molecule has 6 heteroatoms. The number of aliphatic hydroxyl groups excluding tert-OH is 2. The van der Waals surface area contributed by atoms with Gasteiger partial charge >= 0.3 is 0 Å². The monoisotopic (exact) mass is 807 g/mol. The van der Waals surface area contributed by atoms with E-state index in [-0.39, 0.29) is 19.3 Å². The minimum atomic E-state index is -2.79. The highest BCUT2D eigenvalue weighted by atomic mass is 16.4. The van der Waals surface area contributed by atoms with Crippen molar-refractivity contribution in [1.29, 1.82) is 0 Å². The number of hydrogen-bond acceptors (Lipinski definition) is 6. The van der Waals surface area contributed by atoms with E-state index in [1.54, 1.807) is 0 Å². The van der Waals surface area contributed by atoms with E-state index in [1.165, 1.54) is 173 Å². The van der Waals surface area contributed by atoms with Crippen molar-refractivity contribution in [3.05, 3.63) is 0 Å². The molecule has 0 heterocycles. The largest absolute Gasteiger partial charge is 0.382 e. The van der Waals surface area contributed by atoms with Gasteiger partial charge in [0, 0.05) is 19.3 Å². The minimum absolute atomic E-state index is 0.0209. The van der Waals surface area contributed by atoms with E-state index in [0.29, 0.717) is 19.3 Å². The van der Waals surface area contributed by atoms with Crippen molar-refractivity contribution in [3.8, 4) is 0 Å². The molecule has 0 rings (SSSR count). The predicted octanol–water partition coefficient (Wildman–Crippen LogP) is 14.6. The molecule has 0 aliphatic rings. The van der Waals surface area contributed by atoms with Crippen LogP contribution in [0.5, 0.6) is 0 Å². The third-order valence-electron chi connectivity index (χ3n) is 12.5. The van der Waals surface area contributed by atoms with Crippen molar-refractivity contribution >= 4 is 17.3 Å². The van der Waals surface area contributed by atoms with Crippen molar-refractivity contribution in [3.63, 3.8) is 0 Å². The van der Waals surface area contributed by atoms with Crippen LogP contribution in [0.2, 0.25) is 0 Å². The van der Waals surface area contributed by atoms with Crippen LogP contribution in [0.4, 0.5) is 0 Å². The van der Waals surface area contributed by atoms with E-state index >= 15 is 0 Å². The maximum Gasteiger partial charge on any atom is 0.189 e. The summed E-state index contributed by atoms with van der Waals surface area (Å²) in [5, 5.41) is 34.0. The lowest BCUT2D eigenvalue weighted by Crippen LogP contribution is -2.63. The molecule has 2 unspecified atom stereocenters. The molecule has 0 bridgehead atoms. The summed E-state index contributed by atoms with van der Waals surface area (Å²) < 4.78 is 0. The molecule has 0 aliphatic heterocycles. The van der Waals surface area contributed by atoms with E-state index in [0.717, 1.165) is 57.8 Å². The van der Waals surface area contributed by atoms with Gasteiger partial charge in [0.2, 0.25) is 0 Å². The molecule has 338 valence electrons. The van der Waals surface area contributed by atoms with Crippen molar-refractivity contribution in [2.45, 2.75) is 308 Å². The van der Waals surface area contributed by atoms with Gasteiger partial charge in [-0.3, -0.25) is 14.4 Å². The van der Waals surface area contributed by atoms with Crippen LogP contribution in [-0.4, -0.2) is 50.5 Å². The second-order valence-electron chi connectivity index (χ2n) is 18.0. The molecule has 0 radical (unpaired) electrons. The number of aliphatic hydroxyl groups is 3. The summed E-state index contributed by atoms with van der Waals surface area (Å²) in [5.41, 5.74) is -2.79. The molecule has 0 aliphatic carbocycles. The maximum absolute atomic E-state index is 13.6. The molecular formula is C51H98O6. The summed E-state index contributed by atoms with van der Waals surface area (Å²) in [6.07, 6.45) is 41.1. The van der Waals surface area contributed by atoms with Crippen LogP contribution in [0.15, 0.2) is 0 Å². The topological polar surface area (TPSA) is 112 Å². The number of carbonyl (C=O) groups is 3. The quantitative estimate of drug-likeness (QED) is 0.0528. The molecular weight excluding hydrogens is 709 g/mol. The first-order valence-corrected chi connectivity index (χ1v) is 25.4. The molecule has 57 heavy (non-hydrogen) atoms. The Morgan fingerprint density at radius 3 is 0.702 bits per heavy atom. The average molecular weight is 807 g/mol. The molecule has 6 nitrogen and oxygen atoms in total. The van der Waals surface area contributed by atoms with Crippen LogP contribution in [0.25, 0.3) is 0 Å². The summed E-state index contributed by atoms with van der Waals surface area (Å²) in [6, 6.07) is 0. The van der Waals surface area contributed by atoms with Gasteiger partial charge in [0.25, 0.3) is 0 Å². The zero-order valence-corrected chi connectivity index (χ0v) is 38.4. The highest BCUT2D eigenvalue weighted by Crippen LogP contribution is 2.26. The predicted molar refractivity (Wildman–Crippen MR) is 243 cm³/mol. The van der Waals surface area contributed by atoms with Crippen LogP contribution in [0.3, 0.4) is 0 Å². The lowest BCUT2D eigenvalue weighted by Gasteiger charge is -2.34. The van der Waals surface area contributed by atoms with Crippen LogP contribution >= 0.6 is 0 Å². The fraction of sp³-hybridized carbons (Fsp3) is 0.941. The van der Waals surface area contributed by atoms with E-state index in [2.05, 4.69) is 20.8 Å². The molecule has 2 atom stereocenters. The van der Waals surface area contributed by atoms with Gasteiger partial charge in [0.1, 0.15) is 0 Å². The molecule has 0 saturated carbocycles. The van der Waals surface area contributed by atoms with Gasteiger partial charge in [0.15, 0.2) is 35.2 Å². The number of unbranched alkanes of at least 4 members (excludes halogenated alkanes) is 36. The molecule has 0 amide bonds. The second kappa shape index (κ2) is 41.6. The van der Waals surface area contributed by atoms with Crippen molar-refractivity contribution in [2.24, 2.45) is 0 Å². The maximum atomic E-state index is 13.6. The normalized spacial score (nSPS) is 13.8. The number of ketones is 3.